The summed E-state index contributed by atoms with van der Waals surface area (Å²) in [4.78, 5) is 23.7. The third-order valence-electron chi connectivity index (χ3n) is 6.38. The quantitative estimate of drug-likeness (QED) is 0.338. The van der Waals surface area contributed by atoms with Crippen molar-refractivity contribution in [2.45, 2.75) is 78.4 Å². The van der Waals surface area contributed by atoms with Crippen molar-refractivity contribution >= 4 is 18.0 Å². The second-order valence-electron chi connectivity index (χ2n) is 9.83. The number of hydrogen-bond donors (Lipinski definition) is 2. The Kier molecular flexibility index (Phi) is 11.7. The summed E-state index contributed by atoms with van der Waals surface area (Å²) >= 11 is 0. The van der Waals surface area contributed by atoms with Gasteiger partial charge in [0.1, 0.15) is 11.4 Å². The fraction of sp³-hybridized carbons (Fsp3) is 0.680. The van der Waals surface area contributed by atoms with Crippen LogP contribution in [0.4, 0.5) is 32.0 Å². The molecule has 36 heavy (non-hydrogen) atoms. The summed E-state index contributed by atoms with van der Waals surface area (Å²) < 4.78 is 75.0. The number of alkyl halides is 5. The van der Waals surface area contributed by atoms with Crippen LogP contribution in [0.3, 0.4) is 0 Å². The molecular weight excluding hydrogens is 488 g/mol. The summed E-state index contributed by atoms with van der Waals surface area (Å²) in [5.41, 5.74) is -2.28. The molecule has 2 fully saturated rings. The number of hydrogen-bond acceptors (Lipinski definition) is 3. The van der Waals surface area contributed by atoms with E-state index in [-0.39, 0.29) is 12.2 Å². The summed E-state index contributed by atoms with van der Waals surface area (Å²) in [6.07, 6.45) is -2.08. The van der Waals surface area contributed by atoms with E-state index in [2.05, 4.69) is 17.6 Å². The topological polar surface area (TPSA) is 61.4 Å². The van der Waals surface area contributed by atoms with Gasteiger partial charge in [0.05, 0.1) is 6.54 Å². The van der Waals surface area contributed by atoms with E-state index in [1.807, 2.05) is 18.7 Å². The number of amides is 2. The van der Waals surface area contributed by atoms with Gasteiger partial charge < -0.3 is 10.6 Å². The second-order valence-corrected chi connectivity index (χ2v) is 9.83. The van der Waals surface area contributed by atoms with Crippen molar-refractivity contribution in [3.05, 3.63) is 29.6 Å². The van der Waals surface area contributed by atoms with E-state index in [0.717, 1.165) is 51.1 Å². The van der Waals surface area contributed by atoms with E-state index in [0.29, 0.717) is 11.8 Å². The average molecular weight is 526 g/mol. The number of halogens is 6. The van der Waals surface area contributed by atoms with E-state index in [1.165, 1.54) is 25.7 Å². The van der Waals surface area contributed by atoms with Gasteiger partial charge in [-0.05, 0) is 56.2 Å². The maximum absolute atomic E-state index is 12.7. The first-order valence-electron chi connectivity index (χ1n) is 12.1. The summed E-state index contributed by atoms with van der Waals surface area (Å²) in [6, 6.07) is 2.70. The predicted octanol–water partition coefficient (Wildman–Crippen LogP) is 6.31. The van der Waals surface area contributed by atoms with Crippen molar-refractivity contribution in [1.82, 2.24) is 10.2 Å². The van der Waals surface area contributed by atoms with Gasteiger partial charge in [-0.25, -0.2) is 13.2 Å². The van der Waals surface area contributed by atoms with Crippen molar-refractivity contribution < 1.29 is 35.9 Å². The van der Waals surface area contributed by atoms with Crippen LogP contribution < -0.4 is 10.6 Å². The van der Waals surface area contributed by atoms with Gasteiger partial charge in [0.2, 0.25) is 12.3 Å². The standard InChI is InChI=1S/C15H25F3N2O.C8H6F3NO.C2H6/c1-11-4-6-14(7-5-11)9-20(10-14)8-12(21)19-13(2,3)15(16,17)18;9-6-1-5(8(10)11)2-7(3-6)12-4-13;1-2/h11H,4-10H2,1-3H3,(H,19,21);1-4,8H,(H,12,13);1-2H3. The minimum absolute atomic E-state index is 0.0188. The summed E-state index contributed by atoms with van der Waals surface area (Å²) in [5, 5.41) is 4.18. The monoisotopic (exact) mass is 525 g/mol. The van der Waals surface area contributed by atoms with Gasteiger partial charge in [-0.2, -0.15) is 13.2 Å². The number of rotatable bonds is 6. The molecule has 5 nitrogen and oxygen atoms in total. The van der Waals surface area contributed by atoms with Gasteiger partial charge in [0.15, 0.2) is 0 Å². The lowest BCUT2D eigenvalue weighted by Crippen LogP contribution is -2.62. The maximum Gasteiger partial charge on any atom is 0.410 e. The molecule has 1 spiro atoms. The lowest BCUT2D eigenvalue weighted by Gasteiger charge is -2.53. The molecule has 2 amide bonds. The molecule has 0 unspecified atom stereocenters. The number of nitrogens with one attached hydrogen (secondary N) is 2. The Morgan fingerprint density at radius 3 is 2.17 bits per heavy atom. The fourth-order valence-corrected chi connectivity index (χ4v) is 4.26. The second kappa shape index (κ2) is 13.3. The molecule has 206 valence electrons. The molecule has 1 heterocycles. The zero-order chi connectivity index (χ0) is 27.7. The van der Waals surface area contributed by atoms with Crippen LogP contribution in [-0.2, 0) is 9.59 Å². The summed E-state index contributed by atoms with van der Waals surface area (Å²) in [6.45, 7) is 10.0. The lowest BCUT2D eigenvalue weighted by atomic mass is 9.66. The molecule has 11 heteroatoms. The molecule has 3 rings (SSSR count). The Labute approximate surface area is 209 Å². The van der Waals surface area contributed by atoms with Crippen LogP contribution in [0.15, 0.2) is 18.2 Å². The van der Waals surface area contributed by atoms with Crippen molar-refractivity contribution in [1.29, 1.82) is 0 Å². The highest BCUT2D eigenvalue weighted by Gasteiger charge is 2.49. The van der Waals surface area contributed by atoms with E-state index in [4.69, 9.17) is 0 Å². The van der Waals surface area contributed by atoms with Crippen LogP contribution in [0.1, 0.15) is 72.3 Å². The molecule has 1 aromatic carbocycles. The predicted molar refractivity (Wildman–Crippen MR) is 127 cm³/mol. The lowest BCUT2D eigenvalue weighted by molar-refractivity contribution is -0.189. The highest BCUT2D eigenvalue weighted by atomic mass is 19.4. The highest BCUT2D eigenvalue weighted by molar-refractivity contribution is 5.79. The molecule has 0 bridgehead atoms. The number of nitrogens with zero attached hydrogens (tertiary/aromatic N) is 1. The molecule has 2 N–H and O–H groups in total. The number of anilines is 1. The van der Waals surface area contributed by atoms with Gasteiger partial charge >= 0.3 is 6.18 Å². The van der Waals surface area contributed by atoms with Gasteiger partial charge in [0.25, 0.3) is 6.43 Å². The summed E-state index contributed by atoms with van der Waals surface area (Å²) in [7, 11) is 0. The molecule has 1 saturated heterocycles. The maximum atomic E-state index is 12.7. The smallest absolute Gasteiger partial charge is 0.341 e. The zero-order valence-corrected chi connectivity index (χ0v) is 21.4. The number of carbonyl (C=O) groups excluding carboxylic acids is 2. The molecule has 0 radical (unpaired) electrons. The Balaban J connectivity index is 0.000000371. The van der Waals surface area contributed by atoms with Crippen molar-refractivity contribution in [3.63, 3.8) is 0 Å². The largest absolute Gasteiger partial charge is 0.410 e. The Morgan fingerprint density at radius 2 is 1.69 bits per heavy atom. The van der Waals surface area contributed by atoms with Crippen LogP contribution in [-0.4, -0.2) is 48.6 Å². The van der Waals surface area contributed by atoms with Gasteiger partial charge in [-0.15, -0.1) is 0 Å². The molecule has 1 aliphatic heterocycles. The number of benzene rings is 1. The highest BCUT2D eigenvalue weighted by Crippen LogP contribution is 2.45. The van der Waals surface area contributed by atoms with Crippen LogP contribution in [0, 0.1) is 17.2 Å². The van der Waals surface area contributed by atoms with E-state index in [1.54, 1.807) is 0 Å². The van der Waals surface area contributed by atoms with Crippen molar-refractivity contribution in [3.8, 4) is 0 Å². The minimum Gasteiger partial charge on any atom is -0.341 e. The normalized spacial score (nSPS) is 17.8. The number of likely N-dealkylation sites (tertiary alicyclic amines) is 1. The molecule has 1 aromatic rings. The van der Waals surface area contributed by atoms with Crippen LogP contribution in [0.25, 0.3) is 0 Å². The van der Waals surface area contributed by atoms with Crippen molar-refractivity contribution in [2.75, 3.05) is 25.0 Å². The Morgan fingerprint density at radius 1 is 1.14 bits per heavy atom. The molecule has 1 aliphatic carbocycles. The molecule has 2 aliphatic rings. The fourth-order valence-electron chi connectivity index (χ4n) is 4.26. The first kappa shape index (κ1) is 31.7. The number of carbonyl (C=O) groups is 2. The van der Waals surface area contributed by atoms with Gasteiger partial charge in [-0.3, -0.25) is 14.5 Å². The average Bonchev–Trinajstić information content (AvgIpc) is 2.75. The van der Waals surface area contributed by atoms with E-state index in [9.17, 15) is 35.9 Å². The molecular formula is C25H37F6N3O2. The summed E-state index contributed by atoms with van der Waals surface area (Å²) in [5.74, 6) is -0.570. The SMILES string of the molecule is CC.CC1CCC2(CC1)CN(CC(=O)NC(C)(C)C(F)(F)F)C2.O=CNc1cc(F)cc(C(F)F)c1. The molecule has 0 aromatic heterocycles. The van der Waals surface area contributed by atoms with Crippen LogP contribution >= 0.6 is 0 Å². The first-order valence-corrected chi connectivity index (χ1v) is 12.1. The Hall–Kier alpha value is -2.30. The third-order valence-corrected chi connectivity index (χ3v) is 6.38. The van der Waals surface area contributed by atoms with E-state index < -0.39 is 35.4 Å². The van der Waals surface area contributed by atoms with Gasteiger partial charge in [0, 0.05) is 24.3 Å². The Bertz CT molecular complexity index is 845. The van der Waals surface area contributed by atoms with Crippen molar-refractivity contribution in [2.24, 2.45) is 11.3 Å². The van der Waals surface area contributed by atoms with E-state index >= 15 is 0 Å². The minimum atomic E-state index is -4.43. The van der Waals surface area contributed by atoms with Crippen LogP contribution in [0.5, 0.6) is 0 Å². The van der Waals surface area contributed by atoms with Gasteiger partial charge in [-0.1, -0.05) is 33.6 Å². The van der Waals surface area contributed by atoms with Crippen LogP contribution in [0.2, 0.25) is 0 Å². The first-order chi connectivity index (χ1) is 16.7. The molecule has 1 saturated carbocycles. The zero-order valence-electron chi connectivity index (χ0n) is 21.4. The molecule has 0 atom stereocenters. The third kappa shape index (κ3) is 9.29.